The Labute approximate surface area is 138 Å². The van der Waals surface area contributed by atoms with Crippen LogP contribution in [0, 0.1) is 17.0 Å². The number of ether oxygens (including phenoxy) is 2. The second-order valence-corrected chi connectivity index (χ2v) is 7.42. The molecule has 1 fully saturated rings. The van der Waals surface area contributed by atoms with Crippen LogP contribution < -0.4 is 4.74 Å². The lowest BCUT2D eigenvalue weighted by Gasteiger charge is -2.08. The van der Waals surface area contributed by atoms with E-state index in [-0.39, 0.29) is 33.9 Å². The van der Waals surface area contributed by atoms with Gasteiger partial charge in [-0.15, -0.1) is 0 Å². The van der Waals surface area contributed by atoms with E-state index in [9.17, 15) is 18.5 Å². The van der Waals surface area contributed by atoms with E-state index in [0.717, 1.165) is 11.6 Å². The Morgan fingerprint density at radius 1 is 1.21 bits per heavy atom. The molecule has 1 atom stereocenters. The van der Waals surface area contributed by atoms with Crippen LogP contribution in [0.1, 0.15) is 5.56 Å². The van der Waals surface area contributed by atoms with Gasteiger partial charge in [0.1, 0.15) is 12.7 Å². The highest BCUT2D eigenvalue weighted by molar-refractivity contribution is 7.91. The van der Waals surface area contributed by atoms with Gasteiger partial charge in [-0.25, -0.2) is 8.42 Å². The minimum atomic E-state index is -3.83. The fraction of sp³-hybridized carbons (Fsp3) is 0.250. The van der Waals surface area contributed by atoms with Crippen molar-refractivity contribution in [3.8, 4) is 5.75 Å². The molecular formula is C16H15NO6S. The van der Waals surface area contributed by atoms with Crippen molar-refractivity contribution in [1.29, 1.82) is 0 Å². The molecule has 1 saturated heterocycles. The van der Waals surface area contributed by atoms with Gasteiger partial charge in [0.15, 0.2) is 5.75 Å². The van der Waals surface area contributed by atoms with Crippen LogP contribution in [0.2, 0.25) is 0 Å². The van der Waals surface area contributed by atoms with E-state index in [1.54, 1.807) is 12.1 Å². The molecule has 2 aromatic rings. The molecule has 1 aliphatic heterocycles. The van der Waals surface area contributed by atoms with E-state index in [2.05, 4.69) is 0 Å². The topological polar surface area (TPSA) is 99.0 Å². The largest absolute Gasteiger partial charge is 0.484 e. The molecule has 0 aliphatic carbocycles. The fourth-order valence-electron chi connectivity index (χ4n) is 2.13. The molecule has 0 radical (unpaired) electrons. The van der Waals surface area contributed by atoms with Crippen LogP contribution in [-0.4, -0.2) is 32.7 Å². The van der Waals surface area contributed by atoms with Crippen LogP contribution in [0.4, 0.5) is 5.69 Å². The summed E-state index contributed by atoms with van der Waals surface area (Å²) in [6.45, 7) is 2.61. The third kappa shape index (κ3) is 3.39. The first-order chi connectivity index (χ1) is 11.4. The summed E-state index contributed by atoms with van der Waals surface area (Å²) in [5, 5.41) is 11.2. The number of nitro groups is 1. The lowest BCUT2D eigenvalue weighted by atomic mass is 10.2. The third-order valence-corrected chi connectivity index (χ3v) is 5.36. The highest BCUT2D eigenvalue weighted by Crippen LogP contribution is 2.32. The van der Waals surface area contributed by atoms with Crippen molar-refractivity contribution in [2.75, 3.05) is 13.2 Å². The standard InChI is InChI=1S/C16H15NO6S/c1-11-2-4-13(5-3-11)24(20,21)14-6-7-16(15(8-14)17(18)19)23-10-12-9-22-12/h2-8,12H,9-10H2,1H3. The van der Waals surface area contributed by atoms with E-state index in [1.165, 1.54) is 24.3 Å². The highest BCUT2D eigenvalue weighted by atomic mass is 32.2. The van der Waals surface area contributed by atoms with Gasteiger partial charge >= 0.3 is 5.69 Å². The van der Waals surface area contributed by atoms with Crippen molar-refractivity contribution in [2.45, 2.75) is 22.8 Å². The highest BCUT2D eigenvalue weighted by Gasteiger charge is 2.27. The Kier molecular flexibility index (Phi) is 4.25. The molecule has 8 heteroatoms. The normalized spacial score (nSPS) is 16.6. The summed E-state index contributed by atoms with van der Waals surface area (Å²) in [6.07, 6.45) is -0.0550. The van der Waals surface area contributed by atoms with Crippen molar-refractivity contribution in [3.05, 3.63) is 58.1 Å². The Morgan fingerprint density at radius 2 is 1.83 bits per heavy atom. The zero-order chi connectivity index (χ0) is 17.3. The first-order valence-electron chi connectivity index (χ1n) is 7.22. The summed E-state index contributed by atoms with van der Waals surface area (Å²) >= 11 is 0. The van der Waals surface area contributed by atoms with Gasteiger partial charge in [-0.3, -0.25) is 10.1 Å². The van der Waals surface area contributed by atoms with Crippen LogP contribution in [0.5, 0.6) is 5.75 Å². The minimum Gasteiger partial charge on any atom is -0.484 e. The van der Waals surface area contributed by atoms with Crippen LogP contribution in [-0.2, 0) is 14.6 Å². The number of benzene rings is 2. The molecule has 0 amide bonds. The van der Waals surface area contributed by atoms with Crippen molar-refractivity contribution in [3.63, 3.8) is 0 Å². The first kappa shape index (κ1) is 16.4. The predicted molar refractivity (Wildman–Crippen MR) is 85.0 cm³/mol. The Balaban J connectivity index is 1.96. The second kappa shape index (κ2) is 6.21. The number of sulfone groups is 1. The summed E-state index contributed by atoms with van der Waals surface area (Å²) in [4.78, 5) is 10.5. The summed E-state index contributed by atoms with van der Waals surface area (Å²) < 4.78 is 35.6. The third-order valence-electron chi connectivity index (χ3n) is 3.60. The quantitative estimate of drug-likeness (QED) is 0.451. The summed E-state index contributed by atoms with van der Waals surface area (Å²) in [5.74, 6) is 0.0263. The number of rotatable bonds is 6. The molecule has 0 saturated carbocycles. The summed E-state index contributed by atoms with van der Waals surface area (Å²) in [5.41, 5.74) is 0.537. The summed E-state index contributed by atoms with van der Waals surface area (Å²) in [7, 11) is -3.83. The van der Waals surface area contributed by atoms with Crippen LogP contribution in [0.3, 0.4) is 0 Å². The van der Waals surface area contributed by atoms with E-state index in [4.69, 9.17) is 9.47 Å². The maximum atomic E-state index is 12.6. The average Bonchev–Trinajstić information content (AvgIpc) is 3.37. The van der Waals surface area contributed by atoms with Crippen LogP contribution in [0.15, 0.2) is 52.3 Å². The Bertz CT molecular complexity index is 872. The molecule has 126 valence electrons. The Morgan fingerprint density at radius 3 is 2.42 bits per heavy atom. The van der Waals surface area contributed by atoms with E-state index in [1.807, 2.05) is 6.92 Å². The second-order valence-electron chi connectivity index (χ2n) is 5.47. The van der Waals surface area contributed by atoms with Gasteiger partial charge in [-0.05, 0) is 31.2 Å². The fourth-order valence-corrected chi connectivity index (χ4v) is 3.41. The smallest absolute Gasteiger partial charge is 0.312 e. The maximum Gasteiger partial charge on any atom is 0.312 e. The van der Waals surface area contributed by atoms with Gasteiger partial charge in [-0.1, -0.05) is 17.7 Å². The Hall–Kier alpha value is -2.45. The lowest BCUT2D eigenvalue weighted by Crippen LogP contribution is -2.07. The molecule has 24 heavy (non-hydrogen) atoms. The zero-order valence-electron chi connectivity index (χ0n) is 12.8. The van der Waals surface area contributed by atoms with Crippen LogP contribution >= 0.6 is 0 Å². The monoisotopic (exact) mass is 349 g/mol. The number of nitro benzene ring substituents is 1. The lowest BCUT2D eigenvalue weighted by molar-refractivity contribution is -0.386. The van der Waals surface area contributed by atoms with Gasteiger partial charge < -0.3 is 9.47 Å². The van der Waals surface area contributed by atoms with E-state index < -0.39 is 14.8 Å². The van der Waals surface area contributed by atoms with Crippen LogP contribution in [0.25, 0.3) is 0 Å². The molecule has 0 aromatic heterocycles. The van der Waals surface area contributed by atoms with Gasteiger partial charge in [0, 0.05) is 6.07 Å². The van der Waals surface area contributed by atoms with Crippen molar-refractivity contribution in [1.82, 2.24) is 0 Å². The van der Waals surface area contributed by atoms with Gasteiger partial charge in [0.05, 0.1) is 21.3 Å². The number of aryl methyl sites for hydroxylation is 1. The number of nitrogens with zero attached hydrogens (tertiary/aromatic N) is 1. The molecule has 0 bridgehead atoms. The molecule has 2 aromatic carbocycles. The van der Waals surface area contributed by atoms with Gasteiger partial charge in [0.2, 0.25) is 9.84 Å². The SMILES string of the molecule is Cc1ccc(S(=O)(=O)c2ccc(OCC3CO3)c([N+](=O)[O-])c2)cc1. The molecule has 1 aliphatic rings. The molecule has 7 nitrogen and oxygen atoms in total. The molecular weight excluding hydrogens is 334 g/mol. The number of hydrogen-bond acceptors (Lipinski definition) is 6. The minimum absolute atomic E-state index is 0.0263. The molecule has 3 rings (SSSR count). The van der Waals surface area contributed by atoms with Gasteiger partial charge in [0.25, 0.3) is 0 Å². The predicted octanol–water partition coefficient (Wildman–Crippen LogP) is 2.51. The maximum absolute atomic E-state index is 12.6. The average molecular weight is 349 g/mol. The van der Waals surface area contributed by atoms with Crippen molar-refractivity contribution < 1.29 is 22.8 Å². The van der Waals surface area contributed by atoms with E-state index in [0.29, 0.717) is 6.61 Å². The first-order valence-corrected chi connectivity index (χ1v) is 8.71. The molecule has 0 N–H and O–H groups in total. The molecule has 0 spiro atoms. The van der Waals surface area contributed by atoms with Gasteiger partial charge in [-0.2, -0.15) is 0 Å². The van der Waals surface area contributed by atoms with Crippen molar-refractivity contribution in [2.24, 2.45) is 0 Å². The van der Waals surface area contributed by atoms with E-state index >= 15 is 0 Å². The number of hydrogen-bond donors (Lipinski definition) is 0. The number of epoxide rings is 1. The zero-order valence-corrected chi connectivity index (χ0v) is 13.7. The molecule has 1 heterocycles. The molecule has 1 unspecified atom stereocenters. The van der Waals surface area contributed by atoms with Crippen molar-refractivity contribution >= 4 is 15.5 Å². The summed E-state index contributed by atoms with van der Waals surface area (Å²) in [6, 6.07) is 9.95.